The minimum atomic E-state index is -0.243. The minimum absolute atomic E-state index is 0.0174. The van der Waals surface area contributed by atoms with Gasteiger partial charge in [-0.05, 0) is 26.2 Å². The number of aryl methyl sites for hydroxylation is 1. The van der Waals surface area contributed by atoms with E-state index in [1.54, 1.807) is 0 Å². The maximum Gasteiger partial charge on any atom is 0.269 e. The van der Waals surface area contributed by atoms with Crippen molar-refractivity contribution in [1.82, 2.24) is 15.1 Å². The molecule has 2 N–H and O–H groups in total. The number of nitrogens with zero attached hydrogens (tertiary/aromatic N) is 2. The lowest BCUT2D eigenvalue weighted by atomic mass is 10.1. The van der Waals surface area contributed by atoms with Crippen LogP contribution in [0.25, 0.3) is 0 Å². The van der Waals surface area contributed by atoms with E-state index in [1.165, 1.54) is 10.7 Å². The summed E-state index contributed by atoms with van der Waals surface area (Å²) in [4.78, 5) is 23.6. The summed E-state index contributed by atoms with van der Waals surface area (Å²) in [5.74, 6) is -0.173. The Balaban J connectivity index is 2.12. The van der Waals surface area contributed by atoms with Crippen molar-refractivity contribution in [3.05, 3.63) is 22.1 Å². The summed E-state index contributed by atoms with van der Waals surface area (Å²) in [6.07, 6.45) is 2.70. The van der Waals surface area contributed by atoms with Crippen LogP contribution in [0.4, 0.5) is 5.69 Å². The van der Waals surface area contributed by atoms with Crippen LogP contribution in [0.1, 0.15) is 32.4 Å². The summed E-state index contributed by atoms with van der Waals surface area (Å²) < 4.78 is 1.24. The van der Waals surface area contributed by atoms with Crippen LogP contribution in [0.5, 0.6) is 0 Å². The summed E-state index contributed by atoms with van der Waals surface area (Å²) in [6, 6.07) is 1.64. The number of fused-ring (bicyclic) bond motifs is 1. The van der Waals surface area contributed by atoms with Gasteiger partial charge in [0.1, 0.15) is 6.54 Å². The number of amides is 1. The van der Waals surface area contributed by atoms with Crippen molar-refractivity contribution in [2.45, 2.75) is 45.7 Å². The van der Waals surface area contributed by atoms with Crippen molar-refractivity contribution in [3.63, 3.8) is 0 Å². The molecule has 1 unspecified atom stereocenters. The predicted octanol–water partition coefficient (Wildman–Crippen LogP) is 0.516. The lowest BCUT2D eigenvalue weighted by Gasteiger charge is -2.18. The Hall–Kier alpha value is -1.85. The van der Waals surface area contributed by atoms with E-state index in [-0.39, 0.29) is 24.1 Å². The van der Waals surface area contributed by atoms with Crippen LogP contribution in [-0.2, 0) is 17.8 Å². The summed E-state index contributed by atoms with van der Waals surface area (Å²) in [7, 11) is 0. The van der Waals surface area contributed by atoms with Gasteiger partial charge in [0.05, 0.1) is 11.4 Å². The monoisotopic (exact) mass is 264 g/mol. The lowest BCUT2D eigenvalue weighted by Crippen LogP contribution is -2.38. The maximum absolute atomic E-state index is 11.9. The molecule has 6 nitrogen and oxygen atoms in total. The largest absolute Gasteiger partial charge is 0.383 e. The fourth-order valence-corrected chi connectivity index (χ4v) is 2.02. The van der Waals surface area contributed by atoms with Crippen molar-refractivity contribution in [3.8, 4) is 0 Å². The van der Waals surface area contributed by atoms with Crippen LogP contribution >= 0.6 is 0 Å². The Kier molecular flexibility index (Phi) is 4.19. The fraction of sp³-hybridized carbons (Fsp3) is 0.615. The maximum atomic E-state index is 11.9. The highest BCUT2D eigenvalue weighted by molar-refractivity contribution is 5.75. The van der Waals surface area contributed by atoms with Crippen molar-refractivity contribution in [2.24, 2.45) is 0 Å². The average molecular weight is 264 g/mol. The Bertz CT molecular complexity index is 524. The van der Waals surface area contributed by atoms with Crippen molar-refractivity contribution in [2.75, 3.05) is 11.9 Å². The molecule has 0 aromatic carbocycles. The number of rotatable bonds is 4. The van der Waals surface area contributed by atoms with Crippen molar-refractivity contribution < 1.29 is 4.79 Å². The highest BCUT2D eigenvalue weighted by Crippen LogP contribution is 2.16. The highest BCUT2D eigenvalue weighted by atomic mass is 16.2. The zero-order valence-corrected chi connectivity index (χ0v) is 11.4. The van der Waals surface area contributed by atoms with Crippen LogP contribution in [0, 0.1) is 0 Å². The molecule has 1 aliphatic heterocycles. The standard InChI is InChI=1S/C13H20N4O2/c1-3-9(2)15-12(18)8-17-13(19)7-11-10(16-17)5-4-6-14-11/h7,9,14H,3-6,8H2,1-2H3,(H,15,18). The average Bonchev–Trinajstić information content (AvgIpc) is 2.39. The molecule has 1 aromatic heterocycles. The summed E-state index contributed by atoms with van der Waals surface area (Å²) in [5.41, 5.74) is 1.42. The van der Waals surface area contributed by atoms with E-state index < -0.39 is 0 Å². The van der Waals surface area contributed by atoms with Crippen LogP contribution in [0.15, 0.2) is 10.9 Å². The zero-order chi connectivity index (χ0) is 13.8. The van der Waals surface area contributed by atoms with E-state index in [9.17, 15) is 9.59 Å². The van der Waals surface area contributed by atoms with Gasteiger partial charge in [-0.15, -0.1) is 0 Å². The zero-order valence-electron chi connectivity index (χ0n) is 11.4. The summed E-state index contributed by atoms with van der Waals surface area (Å²) >= 11 is 0. The molecule has 2 heterocycles. The van der Waals surface area contributed by atoms with E-state index in [0.29, 0.717) is 0 Å². The lowest BCUT2D eigenvalue weighted by molar-refractivity contribution is -0.122. The van der Waals surface area contributed by atoms with Gasteiger partial charge >= 0.3 is 0 Å². The van der Waals surface area contributed by atoms with Crippen LogP contribution < -0.4 is 16.2 Å². The van der Waals surface area contributed by atoms with Crippen molar-refractivity contribution >= 4 is 11.6 Å². The molecule has 0 saturated heterocycles. The number of hydrogen-bond acceptors (Lipinski definition) is 4. The summed E-state index contributed by atoms with van der Waals surface area (Å²) in [6.45, 7) is 4.79. The molecule has 0 bridgehead atoms. The number of nitrogens with one attached hydrogen (secondary N) is 2. The number of aromatic nitrogens is 2. The number of anilines is 1. The fourth-order valence-electron chi connectivity index (χ4n) is 2.02. The van der Waals surface area contributed by atoms with Gasteiger partial charge in [0.25, 0.3) is 5.56 Å². The van der Waals surface area contributed by atoms with Gasteiger partial charge in [-0.2, -0.15) is 5.10 Å². The first-order valence-electron chi connectivity index (χ1n) is 6.74. The minimum Gasteiger partial charge on any atom is -0.383 e. The van der Waals surface area contributed by atoms with Gasteiger partial charge in [0.15, 0.2) is 0 Å². The van der Waals surface area contributed by atoms with Gasteiger partial charge in [-0.1, -0.05) is 6.92 Å². The third-order valence-corrected chi connectivity index (χ3v) is 3.29. The molecule has 0 radical (unpaired) electrons. The Labute approximate surface area is 112 Å². The normalized spacial score (nSPS) is 15.3. The third kappa shape index (κ3) is 3.33. The quantitative estimate of drug-likeness (QED) is 0.831. The van der Waals surface area contributed by atoms with Gasteiger partial charge in [-0.25, -0.2) is 4.68 Å². The molecular weight excluding hydrogens is 244 g/mol. The first-order valence-corrected chi connectivity index (χ1v) is 6.74. The Morgan fingerprint density at radius 3 is 3.16 bits per heavy atom. The first kappa shape index (κ1) is 13.6. The van der Waals surface area contributed by atoms with Gasteiger partial charge in [-0.3, -0.25) is 9.59 Å². The van der Waals surface area contributed by atoms with E-state index in [4.69, 9.17) is 0 Å². The SMILES string of the molecule is CCC(C)NC(=O)Cn1nc2c(cc1=O)NCCC2. The second-order valence-electron chi connectivity index (χ2n) is 4.91. The van der Waals surface area contributed by atoms with E-state index >= 15 is 0 Å². The molecule has 0 aliphatic carbocycles. The van der Waals surface area contributed by atoms with E-state index in [1.807, 2.05) is 13.8 Å². The number of hydrogen-bond donors (Lipinski definition) is 2. The van der Waals surface area contributed by atoms with Gasteiger partial charge < -0.3 is 10.6 Å². The van der Waals surface area contributed by atoms with Gasteiger partial charge in [0.2, 0.25) is 5.91 Å². The molecule has 0 saturated carbocycles. The molecule has 1 atom stereocenters. The second kappa shape index (κ2) is 5.86. The number of carbonyl (C=O) groups excluding carboxylic acids is 1. The molecular formula is C13H20N4O2. The molecule has 19 heavy (non-hydrogen) atoms. The molecule has 0 spiro atoms. The smallest absolute Gasteiger partial charge is 0.269 e. The highest BCUT2D eigenvalue weighted by Gasteiger charge is 2.14. The molecule has 1 aromatic rings. The van der Waals surface area contributed by atoms with E-state index in [0.717, 1.165) is 37.2 Å². The Morgan fingerprint density at radius 2 is 2.42 bits per heavy atom. The van der Waals surface area contributed by atoms with Crippen LogP contribution in [-0.4, -0.2) is 28.3 Å². The van der Waals surface area contributed by atoms with Gasteiger partial charge in [0, 0.05) is 18.7 Å². The number of carbonyl (C=O) groups is 1. The topological polar surface area (TPSA) is 76.0 Å². The molecule has 6 heteroatoms. The summed E-state index contributed by atoms with van der Waals surface area (Å²) in [5, 5.41) is 10.2. The van der Waals surface area contributed by atoms with Crippen molar-refractivity contribution in [1.29, 1.82) is 0 Å². The first-order chi connectivity index (χ1) is 9.10. The Morgan fingerprint density at radius 1 is 1.63 bits per heavy atom. The third-order valence-electron chi connectivity index (χ3n) is 3.29. The molecule has 2 rings (SSSR count). The van der Waals surface area contributed by atoms with Crippen LogP contribution in [0.2, 0.25) is 0 Å². The van der Waals surface area contributed by atoms with E-state index in [2.05, 4.69) is 15.7 Å². The van der Waals surface area contributed by atoms with Crippen LogP contribution in [0.3, 0.4) is 0 Å². The molecule has 0 fully saturated rings. The molecule has 1 amide bonds. The molecule has 1 aliphatic rings. The predicted molar refractivity (Wildman–Crippen MR) is 73.2 cm³/mol. The second-order valence-corrected chi connectivity index (χ2v) is 4.91. The molecule has 104 valence electrons.